The third kappa shape index (κ3) is 2.31. The predicted octanol–water partition coefficient (Wildman–Crippen LogP) is 1.37. The second-order valence-corrected chi connectivity index (χ2v) is 2.79. The molecule has 1 aliphatic rings. The fraction of sp³-hybridized carbons (Fsp3) is 0.444. The van der Waals surface area contributed by atoms with Gasteiger partial charge in [-0.25, -0.2) is 4.79 Å². The highest BCUT2D eigenvalue weighted by molar-refractivity contribution is 5.64. The Balaban J connectivity index is 2.42. The van der Waals surface area contributed by atoms with Crippen LogP contribution in [0.4, 0.5) is 4.79 Å². The lowest BCUT2D eigenvalue weighted by Gasteiger charge is -2.19. The number of carbonyl (C=O) groups is 1. The molecule has 0 heterocycles. The molecular formula is C9H11NO2. The number of hydrogen-bond acceptors (Lipinski definition) is 1. The van der Waals surface area contributed by atoms with Gasteiger partial charge in [-0.05, 0) is 24.8 Å². The number of nitrogens with one attached hydrogen (secondary N) is 1. The van der Waals surface area contributed by atoms with Gasteiger partial charge in [0.05, 0.1) is 0 Å². The molecule has 0 fully saturated rings. The fourth-order valence-corrected chi connectivity index (χ4v) is 1.27. The van der Waals surface area contributed by atoms with E-state index in [9.17, 15) is 4.79 Å². The molecule has 3 nitrogen and oxygen atoms in total. The molecule has 1 aliphatic carbocycles. The summed E-state index contributed by atoms with van der Waals surface area (Å²) in [6.45, 7) is 0. The normalized spacial score (nSPS) is 22.2. The Kier molecular flexibility index (Phi) is 2.76. The van der Waals surface area contributed by atoms with Crippen LogP contribution in [0.1, 0.15) is 19.3 Å². The van der Waals surface area contributed by atoms with Gasteiger partial charge in [-0.15, -0.1) is 6.42 Å². The van der Waals surface area contributed by atoms with Crippen molar-refractivity contribution in [1.82, 2.24) is 5.32 Å². The topological polar surface area (TPSA) is 49.3 Å². The highest BCUT2D eigenvalue weighted by Crippen LogP contribution is 2.16. The standard InChI is InChI=1S/C9H11NO2/c1-2-7-3-5-8(6-4-7)10-9(11)12/h1,3,8,10H,4-6H2,(H,11,12). The molecule has 1 atom stereocenters. The molecule has 1 amide bonds. The van der Waals surface area contributed by atoms with Crippen LogP contribution >= 0.6 is 0 Å². The average Bonchev–Trinajstić information content (AvgIpc) is 2.05. The molecule has 3 heteroatoms. The van der Waals surface area contributed by atoms with Crippen molar-refractivity contribution in [2.75, 3.05) is 0 Å². The summed E-state index contributed by atoms with van der Waals surface area (Å²) < 4.78 is 0. The molecule has 12 heavy (non-hydrogen) atoms. The lowest BCUT2D eigenvalue weighted by atomic mass is 9.96. The maximum atomic E-state index is 10.2. The van der Waals surface area contributed by atoms with E-state index in [1.807, 2.05) is 6.08 Å². The van der Waals surface area contributed by atoms with E-state index in [1.165, 1.54) is 0 Å². The molecule has 0 saturated carbocycles. The van der Waals surface area contributed by atoms with Crippen molar-refractivity contribution < 1.29 is 9.90 Å². The van der Waals surface area contributed by atoms with Gasteiger partial charge in [0.15, 0.2) is 0 Å². The molecule has 0 spiro atoms. The van der Waals surface area contributed by atoms with Gasteiger partial charge in [0.25, 0.3) is 0 Å². The fourth-order valence-electron chi connectivity index (χ4n) is 1.27. The Morgan fingerprint density at radius 1 is 1.83 bits per heavy atom. The minimum Gasteiger partial charge on any atom is -0.465 e. The van der Waals surface area contributed by atoms with Crippen molar-refractivity contribution in [2.45, 2.75) is 25.3 Å². The van der Waals surface area contributed by atoms with Crippen molar-refractivity contribution in [3.8, 4) is 12.3 Å². The maximum Gasteiger partial charge on any atom is 0.404 e. The van der Waals surface area contributed by atoms with Crippen LogP contribution in [0.25, 0.3) is 0 Å². The molecule has 2 N–H and O–H groups in total. The first-order valence-electron chi connectivity index (χ1n) is 3.87. The largest absolute Gasteiger partial charge is 0.465 e. The van der Waals surface area contributed by atoms with Gasteiger partial charge in [0, 0.05) is 6.04 Å². The van der Waals surface area contributed by atoms with E-state index >= 15 is 0 Å². The molecule has 0 bridgehead atoms. The Morgan fingerprint density at radius 2 is 2.58 bits per heavy atom. The van der Waals surface area contributed by atoms with Crippen LogP contribution < -0.4 is 5.32 Å². The third-order valence-corrected chi connectivity index (χ3v) is 1.92. The highest BCUT2D eigenvalue weighted by atomic mass is 16.4. The number of carboxylic acid groups (broad SMARTS) is 1. The van der Waals surface area contributed by atoms with Crippen LogP contribution in [0.15, 0.2) is 11.6 Å². The van der Waals surface area contributed by atoms with Crippen LogP contribution in [-0.2, 0) is 0 Å². The quantitative estimate of drug-likeness (QED) is 0.576. The van der Waals surface area contributed by atoms with Gasteiger partial charge in [0.2, 0.25) is 0 Å². The predicted molar refractivity (Wildman–Crippen MR) is 45.7 cm³/mol. The maximum absolute atomic E-state index is 10.2. The summed E-state index contributed by atoms with van der Waals surface area (Å²) in [6.07, 6.45) is 8.48. The molecule has 1 rings (SSSR count). The van der Waals surface area contributed by atoms with Crippen molar-refractivity contribution >= 4 is 6.09 Å². The van der Waals surface area contributed by atoms with Crippen LogP contribution in [0, 0.1) is 12.3 Å². The summed E-state index contributed by atoms with van der Waals surface area (Å²) in [5.41, 5.74) is 0.985. The lowest BCUT2D eigenvalue weighted by Crippen LogP contribution is -2.34. The summed E-state index contributed by atoms with van der Waals surface area (Å²) >= 11 is 0. The summed E-state index contributed by atoms with van der Waals surface area (Å²) in [5, 5.41) is 10.8. The monoisotopic (exact) mass is 165 g/mol. The van der Waals surface area contributed by atoms with Crippen molar-refractivity contribution in [3.63, 3.8) is 0 Å². The molecule has 0 aromatic heterocycles. The summed E-state index contributed by atoms with van der Waals surface area (Å²) in [4.78, 5) is 10.2. The third-order valence-electron chi connectivity index (χ3n) is 1.92. The number of rotatable bonds is 1. The molecule has 0 aromatic rings. The van der Waals surface area contributed by atoms with E-state index in [1.54, 1.807) is 0 Å². The molecule has 0 radical (unpaired) electrons. The Morgan fingerprint density at radius 3 is 3.00 bits per heavy atom. The number of hydrogen-bond donors (Lipinski definition) is 2. The van der Waals surface area contributed by atoms with Crippen LogP contribution in [0.5, 0.6) is 0 Å². The summed E-state index contributed by atoms with van der Waals surface area (Å²) in [7, 11) is 0. The Labute approximate surface area is 71.5 Å². The molecule has 64 valence electrons. The lowest BCUT2D eigenvalue weighted by molar-refractivity contribution is 0.189. The van der Waals surface area contributed by atoms with E-state index in [0.717, 1.165) is 18.4 Å². The molecule has 0 aliphatic heterocycles. The van der Waals surface area contributed by atoms with Gasteiger partial charge in [0.1, 0.15) is 0 Å². The number of amides is 1. The van der Waals surface area contributed by atoms with E-state index in [2.05, 4.69) is 11.2 Å². The van der Waals surface area contributed by atoms with Gasteiger partial charge >= 0.3 is 6.09 Å². The van der Waals surface area contributed by atoms with Gasteiger partial charge in [-0.3, -0.25) is 0 Å². The van der Waals surface area contributed by atoms with Crippen molar-refractivity contribution in [1.29, 1.82) is 0 Å². The van der Waals surface area contributed by atoms with Crippen molar-refractivity contribution in [3.05, 3.63) is 11.6 Å². The van der Waals surface area contributed by atoms with Crippen LogP contribution in [-0.4, -0.2) is 17.2 Å². The van der Waals surface area contributed by atoms with E-state index in [-0.39, 0.29) is 6.04 Å². The Hall–Kier alpha value is -1.43. The van der Waals surface area contributed by atoms with E-state index < -0.39 is 6.09 Å². The second-order valence-electron chi connectivity index (χ2n) is 2.79. The zero-order valence-corrected chi connectivity index (χ0v) is 6.71. The first-order valence-corrected chi connectivity index (χ1v) is 3.87. The highest BCUT2D eigenvalue weighted by Gasteiger charge is 2.14. The van der Waals surface area contributed by atoms with E-state index in [4.69, 9.17) is 11.5 Å². The van der Waals surface area contributed by atoms with Gasteiger partial charge < -0.3 is 10.4 Å². The summed E-state index contributed by atoms with van der Waals surface area (Å²) in [6, 6.07) is 0.0413. The second kappa shape index (κ2) is 3.82. The Bertz CT molecular complexity index is 250. The molecular weight excluding hydrogens is 154 g/mol. The van der Waals surface area contributed by atoms with Gasteiger partial charge in [-0.1, -0.05) is 12.0 Å². The van der Waals surface area contributed by atoms with Crippen molar-refractivity contribution in [2.24, 2.45) is 0 Å². The van der Waals surface area contributed by atoms with Gasteiger partial charge in [-0.2, -0.15) is 0 Å². The van der Waals surface area contributed by atoms with E-state index in [0.29, 0.717) is 6.42 Å². The SMILES string of the molecule is C#CC1=CCC(NC(=O)O)CC1. The minimum absolute atomic E-state index is 0.0413. The molecule has 0 aromatic carbocycles. The zero-order valence-electron chi connectivity index (χ0n) is 6.71. The molecule has 1 unspecified atom stereocenters. The minimum atomic E-state index is -0.961. The smallest absolute Gasteiger partial charge is 0.404 e. The summed E-state index contributed by atoms with van der Waals surface area (Å²) in [5.74, 6) is 2.56. The number of allylic oxidation sites excluding steroid dienone is 1. The molecule has 0 saturated heterocycles. The zero-order chi connectivity index (χ0) is 8.97. The number of terminal acetylenes is 1. The first-order chi connectivity index (χ1) is 5.72. The average molecular weight is 165 g/mol. The first kappa shape index (κ1) is 8.66. The van der Waals surface area contributed by atoms with Crippen LogP contribution in [0.2, 0.25) is 0 Å². The van der Waals surface area contributed by atoms with Crippen LogP contribution in [0.3, 0.4) is 0 Å².